The van der Waals surface area contributed by atoms with E-state index in [1.54, 1.807) is 0 Å². The molecule has 1 heteroatoms. The summed E-state index contributed by atoms with van der Waals surface area (Å²) in [4.78, 5) is 2.56. The summed E-state index contributed by atoms with van der Waals surface area (Å²) in [7, 11) is 0. The average Bonchev–Trinajstić information content (AvgIpc) is 4.02. The van der Waals surface area contributed by atoms with Crippen LogP contribution < -0.4 is 4.90 Å². The average molecular weight is 868 g/mol. The summed E-state index contributed by atoms with van der Waals surface area (Å²) in [6.07, 6.45) is 0. The Morgan fingerprint density at radius 2 is 0.618 bits per heavy atom. The minimum atomic E-state index is -0.457. The fraction of sp³-hybridized carbons (Fsp3) is 0.104. The zero-order valence-corrected chi connectivity index (χ0v) is 38.8. The molecule has 14 rings (SSSR count). The van der Waals surface area contributed by atoms with E-state index in [9.17, 15) is 0 Å². The summed E-state index contributed by atoms with van der Waals surface area (Å²) in [6.45, 7) is 9.57. The van der Waals surface area contributed by atoms with Crippen molar-refractivity contribution in [2.75, 3.05) is 4.90 Å². The Bertz CT molecular complexity index is 3570. The number of hydrogen-bond acceptors (Lipinski definition) is 1. The van der Waals surface area contributed by atoms with Gasteiger partial charge in [-0.15, -0.1) is 0 Å². The Morgan fingerprint density at radius 3 is 1.10 bits per heavy atom. The molecule has 0 amide bonds. The van der Waals surface area contributed by atoms with Gasteiger partial charge in [0.2, 0.25) is 0 Å². The fourth-order valence-electron chi connectivity index (χ4n) is 13.5. The zero-order valence-electron chi connectivity index (χ0n) is 38.8. The Balaban J connectivity index is 1.02. The van der Waals surface area contributed by atoms with Crippen LogP contribution in [0.15, 0.2) is 224 Å². The van der Waals surface area contributed by atoms with E-state index in [0.717, 1.165) is 11.4 Å². The Kier molecular flexibility index (Phi) is 8.08. The molecule has 0 unspecified atom stereocenters. The topological polar surface area (TPSA) is 3.24 Å². The minimum absolute atomic E-state index is 0.151. The molecule has 4 aliphatic rings. The molecule has 0 aliphatic heterocycles. The summed E-state index contributed by atoms with van der Waals surface area (Å²) in [6, 6.07) is 84.9. The van der Waals surface area contributed by atoms with Crippen LogP contribution in [0.1, 0.15) is 72.2 Å². The molecule has 0 N–H and O–H groups in total. The third-order valence-corrected chi connectivity index (χ3v) is 16.2. The first-order chi connectivity index (χ1) is 33.3. The normalized spacial score (nSPS) is 15.1. The largest absolute Gasteiger partial charge is 0.310 e. The minimum Gasteiger partial charge on any atom is -0.310 e. The van der Waals surface area contributed by atoms with Gasteiger partial charge in [-0.05, 0) is 136 Å². The highest BCUT2D eigenvalue weighted by Crippen LogP contribution is 2.65. The van der Waals surface area contributed by atoms with Gasteiger partial charge in [0, 0.05) is 27.8 Å². The van der Waals surface area contributed by atoms with Crippen molar-refractivity contribution in [1.82, 2.24) is 0 Å². The van der Waals surface area contributed by atoms with Gasteiger partial charge in [0.15, 0.2) is 0 Å². The third-order valence-electron chi connectivity index (χ3n) is 16.2. The molecular formula is C67H49N. The summed E-state index contributed by atoms with van der Waals surface area (Å²) >= 11 is 0. The van der Waals surface area contributed by atoms with Gasteiger partial charge in [-0.3, -0.25) is 0 Å². The predicted octanol–water partition coefficient (Wildman–Crippen LogP) is 17.4. The first-order valence-corrected chi connectivity index (χ1v) is 24.2. The van der Waals surface area contributed by atoms with Crippen LogP contribution in [0, 0.1) is 0 Å². The van der Waals surface area contributed by atoms with Crippen LogP contribution in [0.5, 0.6) is 0 Å². The number of nitrogens with zero attached hydrogens (tertiary/aromatic N) is 1. The van der Waals surface area contributed by atoms with E-state index in [0.29, 0.717) is 0 Å². The number of anilines is 3. The van der Waals surface area contributed by atoms with Gasteiger partial charge in [-0.1, -0.05) is 222 Å². The molecule has 0 heterocycles. The Labute approximate surface area is 399 Å². The van der Waals surface area contributed by atoms with E-state index in [1.165, 1.54) is 117 Å². The first kappa shape index (κ1) is 39.2. The van der Waals surface area contributed by atoms with E-state index in [1.807, 2.05) is 0 Å². The molecule has 0 saturated heterocycles. The maximum absolute atomic E-state index is 2.56. The van der Waals surface area contributed by atoms with Gasteiger partial charge in [-0.2, -0.15) is 0 Å². The molecule has 0 radical (unpaired) electrons. The van der Waals surface area contributed by atoms with E-state index in [-0.39, 0.29) is 10.8 Å². The lowest BCUT2D eigenvalue weighted by atomic mass is 9.70. The van der Waals surface area contributed by atoms with Crippen LogP contribution in [0.2, 0.25) is 0 Å². The van der Waals surface area contributed by atoms with Crippen LogP contribution in [0.3, 0.4) is 0 Å². The summed E-state index contributed by atoms with van der Waals surface area (Å²) in [5.74, 6) is 0. The van der Waals surface area contributed by atoms with Gasteiger partial charge in [-0.25, -0.2) is 0 Å². The third kappa shape index (κ3) is 5.06. The van der Waals surface area contributed by atoms with Crippen molar-refractivity contribution in [3.63, 3.8) is 0 Å². The van der Waals surface area contributed by atoms with Crippen LogP contribution in [0.4, 0.5) is 17.1 Å². The van der Waals surface area contributed by atoms with Crippen molar-refractivity contribution >= 4 is 17.1 Å². The molecule has 4 aliphatic carbocycles. The molecular weight excluding hydrogens is 819 g/mol. The molecule has 0 atom stereocenters. The first-order valence-electron chi connectivity index (χ1n) is 24.2. The molecule has 10 aromatic rings. The van der Waals surface area contributed by atoms with Gasteiger partial charge >= 0.3 is 0 Å². The van der Waals surface area contributed by atoms with Crippen LogP contribution in [0.25, 0.3) is 66.8 Å². The fourth-order valence-corrected chi connectivity index (χ4v) is 13.5. The van der Waals surface area contributed by atoms with Crippen molar-refractivity contribution in [1.29, 1.82) is 0 Å². The van der Waals surface area contributed by atoms with Crippen molar-refractivity contribution in [2.24, 2.45) is 0 Å². The van der Waals surface area contributed by atoms with Gasteiger partial charge in [0.1, 0.15) is 0 Å². The zero-order chi connectivity index (χ0) is 45.5. The molecule has 1 nitrogen and oxygen atoms in total. The van der Waals surface area contributed by atoms with Gasteiger partial charge in [0.05, 0.1) is 11.1 Å². The molecule has 322 valence electrons. The van der Waals surface area contributed by atoms with E-state index >= 15 is 0 Å². The standard InChI is InChI=1S/C67H49N/c1-65(2)55-33-10-5-26-50(55)52-31-17-29-46(63(52)65)42-20-15-22-44(40-42)68(45-23-16-21-43(41-45)47-30-18-32-53-51-27-6-11-34-56(51)66(3,4)64(47)53)61-39-19-38-60-62(61)54-28-9-14-37-59(54)67(60)57-35-12-7-24-48(57)49-25-8-13-36-58(49)67/h5-41H,1-4H3. The second kappa shape index (κ2) is 14.0. The molecule has 10 aromatic carbocycles. The number of hydrogen-bond donors (Lipinski definition) is 0. The lowest BCUT2D eigenvalue weighted by Crippen LogP contribution is -2.26. The quantitative estimate of drug-likeness (QED) is 0.167. The van der Waals surface area contributed by atoms with Crippen molar-refractivity contribution < 1.29 is 0 Å². The maximum Gasteiger partial charge on any atom is 0.0726 e. The highest BCUT2D eigenvalue weighted by molar-refractivity contribution is 6.02. The Hall–Kier alpha value is -8.00. The molecule has 0 bridgehead atoms. The molecule has 68 heavy (non-hydrogen) atoms. The second-order valence-corrected chi connectivity index (χ2v) is 20.3. The summed E-state index contributed by atoms with van der Waals surface area (Å²) in [5.41, 5.74) is 29.1. The van der Waals surface area contributed by atoms with Gasteiger partial charge in [0.25, 0.3) is 0 Å². The lowest BCUT2D eigenvalue weighted by Gasteiger charge is -2.32. The van der Waals surface area contributed by atoms with Crippen molar-refractivity contribution in [2.45, 2.75) is 43.9 Å². The highest BCUT2D eigenvalue weighted by Gasteiger charge is 2.52. The monoisotopic (exact) mass is 867 g/mol. The van der Waals surface area contributed by atoms with E-state index in [2.05, 4.69) is 257 Å². The molecule has 0 fully saturated rings. The number of benzene rings is 10. The predicted molar refractivity (Wildman–Crippen MR) is 283 cm³/mol. The molecule has 0 aromatic heterocycles. The summed E-state index contributed by atoms with van der Waals surface area (Å²) in [5, 5.41) is 0. The van der Waals surface area contributed by atoms with Crippen molar-refractivity contribution in [3.8, 4) is 66.8 Å². The highest BCUT2D eigenvalue weighted by atomic mass is 15.1. The van der Waals surface area contributed by atoms with E-state index in [4.69, 9.17) is 0 Å². The summed E-state index contributed by atoms with van der Waals surface area (Å²) < 4.78 is 0. The van der Waals surface area contributed by atoms with E-state index < -0.39 is 5.41 Å². The van der Waals surface area contributed by atoms with Crippen LogP contribution in [-0.4, -0.2) is 0 Å². The van der Waals surface area contributed by atoms with Crippen molar-refractivity contribution in [3.05, 3.63) is 269 Å². The SMILES string of the molecule is CC1(C)c2ccccc2-c2cccc(-c3cccc(N(c4cccc(-c5cccc6c5C(C)(C)c5ccccc5-6)c4)c4cccc5c4-c4ccccc4C54c5ccccc5-c5ccccc54)c3)c21. The maximum atomic E-state index is 2.56. The van der Waals surface area contributed by atoms with Crippen LogP contribution in [-0.2, 0) is 16.2 Å². The molecule has 0 saturated carbocycles. The van der Waals surface area contributed by atoms with Crippen LogP contribution >= 0.6 is 0 Å². The number of fused-ring (bicyclic) bond motifs is 16. The lowest BCUT2D eigenvalue weighted by molar-refractivity contribution is 0.662. The Morgan fingerprint density at radius 1 is 0.279 bits per heavy atom. The molecule has 1 spiro atoms. The second-order valence-electron chi connectivity index (χ2n) is 20.3. The smallest absolute Gasteiger partial charge is 0.0726 e. The van der Waals surface area contributed by atoms with Gasteiger partial charge < -0.3 is 4.90 Å². The number of rotatable bonds is 5.